The average Bonchev–Trinajstić information content (AvgIpc) is 1.81. The molecule has 0 aliphatic rings. The molecule has 56 valence electrons. The monoisotopic (exact) mass is 160 g/mol. The zero-order valence-corrected chi connectivity index (χ0v) is 6.26. The molecule has 0 bridgehead atoms. The van der Waals surface area contributed by atoms with Gasteiger partial charge in [-0.1, -0.05) is 0 Å². The molecule has 0 heterocycles. The Labute approximate surface area is 63.0 Å². The van der Waals surface area contributed by atoms with Crippen molar-refractivity contribution in [1.29, 1.82) is 5.26 Å². The molecule has 0 saturated carbocycles. The molecular formula is C5H8N2O2S. The van der Waals surface area contributed by atoms with Crippen molar-refractivity contribution in [1.82, 2.24) is 0 Å². The minimum absolute atomic E-state index is 0.498. The molecule has 2 atom stereocenters. The van der Waals surface area contributed by atoms with Crippen molar-refractivity contribution in [2.24, 2.45) is 5.73 Å². The topological polar surface area (TPSA) is 87.1 Å². The van der Waals surface area contributed by atoms with Crippen molar-refractivity contribution < 1.29 is 9.90 Å². The summed E-state index contributed by atoms with van der Waals surface area (Å²) in [5.74, 6) is -1.04. The van der Waals surface area contributed by atoms with Crippen LogP contribution in [0.1, 0.15) is 6.92 Å². The lowest BCUT2D eigenvalue weighted by Crippen LogP contribution is -2.35. The Balaban J connectivity index is 4.01. The predicted octanol–water partition coefficient (Wildman–Crippen LogP) is 0.00108. The van der Waals surface area contributed by atoms with Crippen LogP contribution >= 0.6 is 11.8 Å². The molecule has 10 heavy (non-hydrogen) atoms. The molecule has 0 aliphatic carbocycles. The van der Waals surface area contributed by atoms with E-state index in [0.717, 1.165) is 0 Å². The maximum Gasteiger partial charge on any atom is 0.319 e. The van der Waals surface area contributed by atoms with Crippen LogP contribution in [0.25, 0.3) is 0 Å². The van der Waals surface area contributed by atoms with Gasteiger partial charge in [-0.05, 0) is 18.7 Å². The fourth-order valence-electron chi connectivity index (χ4n) is 0.439. The van der Waals surface area contributed by atoms with Gasteiger partial charge >= 0.3 is 5.97 Å². The van der Waals surface area contributed by atoms with Crippen molar-refractivity contribution in [3.63, 3.8) is 0 Å². The number of hydrogen-bond donors (Lipinski definition) is 2. The third-order valence-corrected chi connectivity index (χ3v) is 1.89. The number of nitriles is 1. The van der Waals surface area contributed by atoms with Gasteiger partial charge in [0.2, 0.25) is 0 Å². The molecule has 3 N–H and O–H groups in total. The first-order valence-electron chi connectivity index (χ1n) is 2.62. The van der Waals surface area contributed by atoms with Gasteiger partial charge in [-0.15, -0.1) is 0 Å². The Hall–Kier alpha value is -0.730. The quantitative estimate of drug-likeness (QED) is 0.567. The number of carboxylic acid groups (broad SMARTS) is 1. The zero-order chi connectivity index (χ0) is 8.15. The van der Waals surface area contributed by atoms with Gasteiger partial charge < -0.3 is 10.8 Å². The van der Waals surface area contributed by atoms with Crippen LogP contribution < -0.4 is 5.73 Å². The summed E-state index contributed by atoms with van der Waals surface area (Å²) >= 11 is 0.674. The summed E-state index contributed by atoms with van der Waals surface area (Å²) in [6.07, 6.45) is 0. The van der Waals surface area contributed by atoms with E-state index in [9.17, 15) is 4.79 Å². The number of rotatable bonds is 3. The molecule has 0 amide bonds. The van der Waals surface area contributed by atoms with Gasteiger partial charge in [0.05, 0.1) is 0 Å². The lowest BCUT2D eigenvalue weighted by molar-refractivity contribution is -0.136. The SMILES string of the molecule is CC(N)C(SC#N)C(=O)O. The van der Waals surface area contributed by atoms with Crippen LogP contribution in [-0.4, -0.2) is 22.4 Å². The van der Waals surface area contributed by atoms with Crippen LogP contribution in [0.2, 0.25) is 0 Å². The third-order valence-electron chi connectivity index (χ3n) is 0.901. The van der Waals surface area contributed by atoms with Gasteiger partial charge in [0.1, 0.15) is 10.7 Å². The van der Waals surface area contributed by atoms with Crippen LogP contribution in [0, 0.1) is 10.7 Å². The highest BCUT2D eigenvalue weighted by Gasteiger charge is 2.22. The summed E-state index contributed by atoms with van der Waals surface area (Å²) in [4.78, 5) is 10.3. The van der Waals surface area contributed by atoms with E-state index in [1.807, 2.05) is 0 Å². The van der Waals surface area contributed by atoms with Gasteiger partial charge in [0, 0.05) is 6.04 Å². The second kappa shape index (κ2) is 4.14. The summed E-state index contributed by atoms with van der Waals surface area (Å²) < 4.78 is 0. The van der Waals surface area contributed by atoms with E-state index in [1.165, 1.54) is 0 Å². The molecule has 2 unspecified atom stereocenters. The number of nitrogens with two attached hydrogens (primary N) is 1. The molecule has 0 aromatic rings. The van der Waals surface area contributed by atoms with Gasteiger partial charge in [0.15, 0.2) is 0 Å². The molecule has 0 fully saturated rings. The van der Waals surface area contributed by atoms with Crippen molar-refractivity contribution in [3.05, 3.63) is 0 Å². The highest BCUT2D eigenvalue weighted by Crippen LogP contribution is 2.11. The summed E-state index contributed by atoms with van der Waals surface area (Å²) in [6.45, 7) is 1.56. The molecule has 0 aromatic heterocycles. The van der Waals surface area contributed by atoms with Crippen molar-refractivity contribution in [2.45, 2.75) is 18.2 Å². The fraction of sp³-hybridized carbons (Fsp3) is 0.600. The number of carbonyl (C=O) groups is 1. The Morgan fingerprint density at radius 1 is 1.90 bits per heavy atom. The first-order valence-corrected chi connectivity index (χ1v) is 3.50. The Morgan fingerprint density at radius 2 is 2.40 bits per heavy atom. The molecule has 0 spiro atoms. The van der Waals surface area contributed by atoms with E-state index >= 15 is 0 Å². The minimum atomic E-state index is -1.04. The van der Waals surface area contributed by atoms with E-state index in [-0.39, 0.29) is 0 Å². The fourth-order valence-corrected chi connectivity index (χ4v) is 0.868. The average molecular weight is 160 g/mol. The molecule has 0 radical (unpaired) electrons. The number of aliphatic carboxylic acids is 1. The molecule has 0 saturated heterocycles. The Morgan fingerprint density at radius 3 is 2.50 bits per heavy atom. The molecule has 5 heteroatoms. The molecule has 0 rings (SSSR count). The molecule has 0 aliphatic heterocycles. The largest absolute Gasteiger partial charge is 0.480 e. The summed E-state index contributed by atoms with van der Waals surface area (Å²) in [5, 5.41) is 17.4. The van der Waals surface area contributed by atoms with E-state index < -0.39 is 17.3 Å². The van der Waals surface area contributed by atoms with Crippen LogP contribution in [0.5, 0.6) is 0 Å². The van der Waals surface area contributed by atoms with Crippen LogP contribution in [0.4, 0.5) is 0 Å². The second-order valence-corrected chi connectivity index (χ2v) is 2.75. The highest BCUT2D eigenvalue weighted by molar-refractivity contribution is 8.05. The van der Waals surface area contributed by atoms with E-state index in [4.69, 9.17) is 16.1 Å². The van der Waals surface area contributed by atoms with Crippen LogP contribution in [-0.2, 0) is 4.79 Å². The van der Waals surface area contributed by atoms with Gasteiger partial charge in [-0.2, -0.15) is 5.26 Å². The molecule has 4 nitrogen and oxygen atoms in total. The molecular weight excluding hydrogens is 152 g/mol. The lowest BCUT2D eigenvalue weighted by Gasteiger charge is -2.09. The number of hydrogen-bond acceptors (Lipinski definition) is 4. The van der Waals surface area contributed by atoms with Crippen LogP contribution in [0.15, 0.2) is 0 Å². The van der Waals surface area contributed by atoms with Gasteiger partial charge in [-0.25, -0.2) is 0 Å². The normalized spacial score (nSPS) is 15.3. The molecule has 0 aromatic carbocycles. The van der Waals surface area contributed by atoms with Crippen molar-refractivity contribution in [2.75, 3.05) is 0 Å². The standard InChI is InChI=1S/C5H8N2O2S/c1-3(7)4(5(8)9)10-2-6/h3-4H,7H2,1H3,(H,8,9). The maximum atomic E-state index is 10.3. The second-order valence-electron chi connectivity index (χ2n) is 1.83. The van der Waals surface area contributed by atoms with E-state index in [1.54, 1.807) is 12.3 Å². The summed E-state index contributed by atoms with van der Waals surface area (Å²) in [6, 6.07) is -0.498. The maximum absolute atomic E-state index is 10.3. The Kier molecular flexibility index (Phi) is 3.84. The zero-order valence-electron chi connectivity index (χ0n) is 5.44. The smallest absolute Gasteiger partial charge is 0.319 e. The van der Waals surface area contributed by atoms with Gasteiger partial charge in [0.25, 0.3) is 0 Å². The first kappa shape index (κ1) is 9.27. The lowest BCUT2D eigenvalue weighted by atomic mass is 10.2. The van der Waals surface area contributed by atoms with E-state index in [2.05, 4.69) is 0 Å². The predicted molar refractivity (Wildman–Crippen MR) is 38.3 cm³/mol. The number of thioether (sulfide) groups is 1. The number of carboxylic acids is 1. The number of nitrogens with zero attached hydrogens (tertiary/aromatic N) is 1. The first-order chi connectivity index (χ1) is 4.59. The highest BCUT2D eigenvalue weighted by atomic mass is 32.2. The Bertz CT molecular complexity index is 164. The minimum Gasteiger partial charge on any atom is -0.480 e. The van der Waals surface area contributed by atoms with E-state index in [0.29, 0.717) is 11.8 Å². The van der Waals surface area contributed by atoms with Crippen molar-refractivity contribution >= 4 is 17.7 Å². The van der Waals surface area contributed by atoms with Crippen molar-refractivity contribution in [3.8, 4) is 5.40 Å². The third kappa shape index (κ3) is 2.71. The van der Waals surface area contributed by atoms with Crippen LogP contribution in [0.3, 0.4) is 0 Å². The summed E-state index contributed by atoms with van der Waals surface area (Å²) in [5.41, 5.74) is 5.27. The summed E-state index contributed by atoms with van der Waals surface area (Å²) in [7, 11) is 0. The van der Waals surface area contributed by atoms with Gasteiger partial charge in [-0.3, -0.25) is 4.79 Å². The number of thiocyanates is 1.